The van der Waals surface area contributed by atoms with E-state index in [0.29, 0.717) is 22.5 Å². The summed E-state index contributed by atoms with van der Waals surface area (Å²) in [7, 11) is 1.32. The van der Waals surface area contributed by atoms with Crippen LogP contribution in [0.3, 0.4) is 0 Å². The number of allylic oxidation sites excluding steroid dienone is 3. The molecule has 0 amide bonds. The maximum atomic E-state index is 12.5. The van der Waals surface area contributed by atoms with Gasteiger partial charge in [0, 0.05) is 23.0 Å². The average Bonchev–Trinajstić information content (AvgIpc) is 2.66. The van der Waals surface area contributed by atoms with Gasteiger partial charge in [-0.15, -0.1) is 11.6 Å². The molecule has 1 atom stereocenters. The number of aromatic nitrogens is 1. The number of dihydropyridines is 1. The first-order valence-corrected chi connectivity index (χ1v) is 8.24. The quantitative estimate of drug-likeness (QED) is 0.676. The maximum absolute atomic E-state index is 12.5. The smallest absolute Gasteiger partial charge is 0.336 e. The Labute approximate surface area is 150 Å². The van der Waals surface area contributed by atoms with E-state index in [1.807, 2.05) is 30.3 Å². The van der Waals surface area contributed by atoms with Crippen molar-refractivity contribution in [1.29, 1.82) is 5.26 Å². The largest absolute Gasteiger partial charge is 0.466 e. The van der Waals surface area contributed by atoms with E-state index in [4.69, 9.17) is 16.3 Å². The molecule has 1 N–H and O–H groups in total. The third-order valence-corrected chi connectivity index (χ3v) is 4.57. The predicted octanol–water partition coefficient (Wildman–Crippen LogP) is 3.39. The van der Waals surface area contributed by atoms with Gasteiger partial charge in [0.1, 0.15) is 0 Å². The molecule has 1 aromatic heterocycles. The summed E-state index contributed by atoms with van der Waals surface area (Å²) in [6.07, 6.45) is 1.68. The minimum atomic E-state index is -0.555. The summed E-state index contributed by atoms with van der Waals surface area (Å²) in [5.41, 5.74) is 3.67. The number of hydrogen-bond donors (Lipinski definition) is 1. The van der Waals surface area contributed by atoms with Gasteiger partial charge in [0.05, 0.1) is 41.6 Å². The van der Waals surface area contributed by atoms with Gasteiger partial charge in [-0.1, -0.05) is 18.2 Å². The van der Waals surface area contributed by atoms with Gasteiger partial charge in [-0.2, -0.15) is 5.26 Å². The van der Waals surface area contributed by atoms with Crippen molar-refractivity contribution in [2.45, 2.75) is 12.8 Å². The van der Waals surface area contributed by atoms with Gasteiger partial charge in [0.2, 0.25) is 0 Å². The highest BCUT2D eigenvalue weighted by atomic mass is 35.5. The number of halogens is 1. The van der Waals surface area contributed by atoms with E-state index in [0.717, 1.165) is 16.5 Å². The molecule has 2 heterocycles. The number of ether oxygens (including phenoxy) is 1. The number of benzene rings is 1. The van der Waals surface area contributed by atoms with E-state index in [1.54, 1.807) is 13.1 Å². The number of nitrogens with zero attached hydrogens (tertiary/aromatic N) is 2. The molecule has 0 fully saturated rings. The van der Waals surface area contributed by atoms with Crippen LogP contribution in [0.2, 0.25) is 0 Å². The van der Waals surface area contributed by atoms with E-state index in [1.165, 1.54) is 7.11 Å². The van der Waals surface area contributed by atoms with Gasteiger partial charge in [-0.25, -0.2) is 4.79 Å². The van der Waals surface area contributed by atoms with Crippen LogP contribution in [0.5, 0.6) is 0 Å². The van der Waals surface area contributed by atoms with Crippen LogP contribution in [-0.2, 0) is 9.53 Å². The zero-order chi connectivity index (χ0) is 18.0. The Kier molecular flexibility index (Phi) is 4.73. The minimum absolute atomic E-state index is 0.111. The lowest BCUT2D eigenvalue weighted by molar-refractivity contribution is -0.136. The van der Waals surface area contributed by atoms with Crippen molar-refractivity contribution < 1.29 is 9.53 Å². The van der Waals surface area contributed by atoms with Crippen LogP contribution in [0.4, 0.5) is 0 Å². The van der Waals surface area contributed by atoms with E-state index < -0.39 is 11.9 Å². The Morgan fingerprint density at radius 2 is 2.16 bits per heavy atom. The molecule has 6 heteroatoms. The van der Waals surface area contributed by atoms with Gasteiger partial charge in [-0.05, 0) is 24.6 Å². The SMILES string of the molecule is COC(=O)C1=C(CCl)NC(C)=C(C#N)[C@H]1c1ccnc2ccccc12. The summed E-state index contributed by atoms with van der Waals surface area (Å²) < 4.78 is 4.97. The first-order valence-electron chi connectivity index (χ1n) is 7.71. The number of methoxy groups -OCH3 is 1. The third-order valence-electron chi connectivity index (χ3n) is 4.30. The fourth-order valence-corrected chi connectivity index (χ4v) is 3.39. The molecule has 2 aromatic rings. The second-order valence-corrected chi connectivity index (χ2v) is 5.91. The number of nitrogens with one attached hydrogen (secondary N) is 1. The van der Waals surface area contributed by atoms with Crippen LogP contribution in [0.15, 0.2) is 59.1 Å². The maximum Gasteiger partial charge on any atom is 0.336 e. The molecule has 0 saturated carbocycles. The topological polar surface area (TPSA) is 75.0 Å². The Balaban J connectivity index is 2.34. The number of carbonyl (C=O) groups excluding carboxylic acids is 1. The molecule has 1 aliphatic rings. The van der Waals surface area contributed by atoms with Crippen molar-refractivity contribution in [3.8, 4) is 6.07 Å². The van der Waals surface area contributed by atoms with Crippen LogP contribution in [0.25, 0.3) is 10.9 Å². The van der Waals surface area contributed by atoms with E-state index >= 15 is 0 Å². The summed E-state index contributed by atoms with van der Waals surface area (Å²) in [5, 5.41) is 13.7. The average molecular weight is 354 g/mol. The third kappa shape index (κ3) is 2.86. The number of alkyl halides is 1. The van der Waals surface area contributed by atoms with Gasteiger partial charge in [-0.3, -0.25) is 4.98 Å². The lowest BCUT2D eigenvalue weighted by Gasteiger charge is -2.29. The van der Waals surface area contributed by atoms with Crippen LogP contribution in [0, 0.1) is 11.3 Å². The summed E-state index contributed by atoms with van der Waals surface area (Å²) >= 11 is 6.06. The molecule has 126 valence electrons. The van der Waals surface area contributed by atoms with Crippen molar-refractivity contribution in [3.63, 3.8) is 0 Å². The Morgan fingerprint density at radius 1 is 1.40 bits per heavy atom. The highest BCUT2D eigenvalue weighted by Crippen LogP contribution is 2.40. The van der Waals surface area contributed by atoms with Crippen molar-refractivity contribution >= 4 is 28.5 Å². The lowest BCUT2D eigenvalue weighted by atomic mass is 9.80. The molecular weight excluding hydrogens is 338 g/mol. The molecule has 3 rings (SSSR count). The number of pyridine rings is 1. The zero-order valence-electron chi connectivity index (χ0n) is 13.8. The normalized spacial score (nSPS) is 17.3. The Bertz CT molecular complexity index is 951. The summed E-state index contributed by atoms with van der Waals surface area (Å²) in [6, 6.07) is 11.7. The number of esters is 1. The molecule has 0 aliphatic carbocycles. The summed E-state index contributed by atoms with van der Waals surface area (Å²) in [6.45, 7) is 1.80. The fraction of sp³-hybridized carbons (Fsp3) is 0.211. The predicted molar refractivity (Wildman–Crippen MR) is 95.7 cm³/mol. The first kappa shape index (κ1) is 17.0. The minimum Gasteiger partial charge on any atom is -0.466 e. The second kappa shape index (κ2) is 6.96. The molecule has 0 radical (unpaired) electrons. The number of para-hydroxylation sites is 1. The molecule has 0 unspecified atom stereocenters. The summed E-state index contributed by atoms with van der Waals surface area (Å²) in [5.74, 6) is -0.949. The molecule has 1 aromatic carbocycles. The van der Waals surface area contributed by atoms with Crippen molar-refractivity contribution in [1.82, 2.24) is 10.3 Å². The molecule has 0 bridgehead atoms. The highest BCUT2D eigenvalue weighted by Gasteiger charge is 2.35. The van der Waals surface area contributed by atoms with Gasteiger partial charge in [0.15, 0.2) is 0 Å². The van der Waals surface area contributed by atoms with E-state index in [-0.39, 0.29) is 5.88 Å². The molecule has 5 nitrogen and oxygen atoms in total. The number of carbonyl (C=O) groups is 1. The fourth-order valence-electron chi connectivity index (χ4n) is 3.18. The summed E-state index contributed by atoms with van der Waals surface area (Å²) in [4.78, 5) is 16.9. The molecule has 0 saturated heterocycles. The van der Waals surface area contributed by atoms with E-state index in [2.05, 4.69) is 16.4 Å². The highest BCUT2D eigenvalue weighted by molar-refractivity contribution is 6.20. The Morgan fingerprint density at radius 3 is 2.84 bits per heavy atom. The van der Waals surface area contributed by atoms with E-state index in [9.17, 15) is 10.1 Å². The molecule has 1 aliphatic heterocycles. The second-order valence-electron chi connectivity index (χ2n) is 5.64. The van der Waals surface area contributed by atoms with Gasteiger partial charge in [0.25, 0.3) is 0 Å². The van der Waals surface area contributed by atoms with Gasteiger partial charge >= 0.3 is 5.97 Å². The molecular formula is C19H16ClN3O2. The number of fused-ring (bicyclic) bond motifs is 1. The van der Waals surface area contributed by atoms with Crippen LogP contribution in [0.1, 0.15) is 18.4 Å². The Hall–Kier alpha value is -2.84. The standard InChI is InChI=1S/C19H16ClN3O2/c1-11-14(10-21)17(18(19(24)25-2)16(9-20)23-11)13-7-8-22-15-6-4-3-5-12(13)15/h3-8,17,23H,9H2,1-2H3/t17-/m1/s1. The zero-order valence-corrected chi connectivity index (χ0v) is 14.6. The van der Waals surface area contributed by atoms with Crippen molar-refractivity contribution in [2.24, 2.45) is 0 Å². The lowest BCUT2D eigenvalue weighted by Crippen LogP contribution is -2.30. The van der Waals surface area contributed by atoms with Crippen molar-refractivity contribution in [3.05, 3.63) is 64.6 Å². The number of nitriles is 1. The molecule has 25 heavy (non-hydrogen) atoms. The number of hydrogen-bond acceptors (Lipinski definition) is 5. The molecule has 0 spiro atoms. The number of rotatable bonds is 3. The van der Waals surface area contributed by atoms with Crippen LogP contribution in [-0.4, -0.2) is 23.9 Å². The first-order chi connectivity index (χ1) is 12.1. The van der Waals surface area contributed by atoms with Crippen molar-refractivity contribution in [2.75, 3.05) is 13.0 Å². The van der Waals surface area contributed by atoms with Gasteiger partial charge < -0.3 is 10.1 Å². The van der Waals surface area contributed by atoms with Crippen LogP contribution < -0.4 is 5.32 Å². The van der Waals surface area contributed by atoms with Crippen LogP contribution >= 0.6 is 11.6 Å². The monoisotopic (exact) mass is 353 g/mol.